The maximum atomic E-state index is 14.9. The van der Waals surface area contributed by atoms with Crippen LogP contribution < -0.4 is 4.90 Å². The fraction of sp³-hybridized carbons (Fsp3) is 0. The number of para-hydroxylation sites is 1. The van der Waals surface area contributed by atoms with E-state index < -0.39 is 69.3 Å². The smallest absolute Gasteiger partial charge is 0.200 e. The molecule has 0 aliphatic carbocycles. The van der Waals surface area contributed by atoms with Crippen molar-refractivity contribution < 1.29 is 43.9 Å². The zero-order chi connectivity index (χ0) is 48.5. The molecule has 3 nitrogen and oxygen atoms in total. The van der Waals surface area contributed by atoms with E-state index in [1.807, 2.05) is 54.7 Å². The van der Waals surface area contributed by atoms with Crippen molar-refractivity contribution >= 4 is 49.6 Å². The van der Waals surface area contributed by atoms with Gasteiger partial charge in [-0.25, -0.2) is 43.9 Å². The largest absolute Gasteiger partial charge is 0.311 e. The number of fused-ring (bicyclic) bond motifs is 4. The van der Waals surface area contributed by atoms with Gasteiger partial charge in [-0.3, -0.25) is 4.98 Å². The van der Waals surface area contributed by atoms with Crippen molar-refractivity contribution in [1.29, 1.82) is 0 Å². The monoisotopic (exact) mass is 945 g/mol. The van der Waals surface area contributed by atoms with E-state index in [1.54, 1.807) is 23.2 Å². The van der Waals surface area contributed by atoms with Crippen molar-refractivity contribution in [2.75, 3.05) is 4.90 Å². The average molecular weight is 946 g/mol. The Kier molecular flexibility index (Phi) is 10.7. The molecule has 2 aromatic heterocycles. The van der Waals surface area contributed by atoms with Crippen molar-refractivity contribution in [2.45, 2.75) is 0 Å². The summed E-state index contributed by atoms with van der Waals surface area (Å²) in [6, 6.07) is 48.0. The fourth-order valence-corrected chi connectivity index (χ4v) is 9.11. The van der Waals surface area contributed by atoms with Crippen LogP contribution in [0.15, 0.2) is 176 Å². The van der Waals surface area contributed by atoms with Crippen LogP contribution in [-0.4, -0.2) is 9.55 Å². The van der Waals surface area contributed by atoms with Crippen molar-refractivity contribution in [2.24, 2.45) is 0 Å². The van der Waals surface area contributed by atoms with Crippen molar-refractivity contribution in [3.8, 4) is 50.2 Å². The molecule has 0 fully saturated rings. The van der Waals surface area contributed by atoms with Gasteiger partial charge in [-0.1, -0.05) is 91.0 Å². The van der Waals surface area contributed by atoms with E-state index in [9.17, 15) is 43.9 Å². The van der Waals surface area contributed by atoms with Gasteiger partial charge in [0.15, 0.2) is 46.5 Å². The number of aromatic nitrogens is 2. The van der Waals surface area contributed by atoms with Gasteiger partial charge < -0.3 is 9.47 Å². The summed E-state index contributed by atoms with van der Waals surface area (Å²) in [7, 11) is 0. The topological polar surface area (TPSA) is 21.1 Å². The van der Waals surface area contributed by atoms with Gasteiger partial charge in [0.05, 0.1) is 22.2 Å². The van der Waals surface area contributed by atoms with E-state index in [0.717, 1.165) is 84.8 Å². The molecule has 2 heterocycles. The first-order valence-electron chi connectivity index (χ1n) is 21.5. The van der Waals surface area contributed by atoms with Gasteiger partial charge in [0, 0.05) is 51.3 Å². The number of nitrogens with zero attached hydrogens (tertiary/aromatic N) is 3. The molecular formula is C57H29F10N3. The molecule has 0 radical (unpaired) electrons. The summed E-state index contributed by atoms with van der Waals surface area (Å²) in [6.07, 6.45) is 3.64. The summed E-state index contributed by atoms with van der Waals surface area (Å²) < 4.78 is 146. The third-order valence-corrected chi connectivity index (χ3v) is 12.5. The number of hydrogen-bond acceptors (Lipinski definition) is 2. The Morgan fingerprint density at radius 1 is 0.343 bits per heavy atom. The van der Waals surface area contributed by atoms with Gasteiger partial charge in [0.1, 0.15) is 0 Å². The highest BCUT2D eigenvalue weighted by Crippen LogP contribution is 2.42. The summed E-state index contributed by atoms with van der Waals surface area (Å²) in [5.74, 6) is -21.1. The van der Waals surface area contributed by atoms with E-state index in [4.69, 9.17) is 0 Å². The Labute approximate surface area is 391 Å². The van der Waals surface area contributed by atoms with Crippen LogP contribution in [0.1, 0.15) is 0 Å². The standard InChI is InChI=1S/C57H29F10N3/c58-48-46(49(59)53(63)56(66)52(48)62)33-12-21-37(22-13-33)69(38-23-14-34(15-24-38)47-50(60)54(64)57(67)55(65)51(47)61)36-17-8-30(9-18-36)35-16-25-45-42(28-35)41-5-1-2-7-44(41)70(45)39-19-10-32(11-20-39)40-6-3-4-31-26-27-68-29-43(31)40/h1-29H. The molecule has 0 aliphatic rings. The first kappa shape index (κ1) is 43.8. The van der Waals surface area contributed by atoms with Gasteiger partial charge in [0.2, 0.25) is 11.6 Å². The van der Waals surface area contributed by atoms with Gasteiger partial charge in [-0.15, -0.1) is 0 Å². The molecule has 0 saturated heterocycles. The number of anilines is 3. The molecule has 0 spiro atoms. The zero-order valence-corrected chi connectivity index (χ0v) is 35.9. The molecular weight excluding hydrogens is 917 g/mol. The Bertz CT molecular complexity index is 3700. The van der Waals surface area contributed by atoms with E-state index in [0.29, 0.717) is 17.1 Å². The predicted molar refractivity (Wildman–Crippen MR) is 252 cm³/mol. The first-order chi connectivity index (χ1) is 33.9. The summed E-state index contributed by atoms with van der Waals surface area (Å²) in [4.78, 5) is 5.94. The van der Waals surface area contributed by atoms with E-state index >= 15 is 0 Å². The molecule has 9 aromatic carbocycles. The zero-order valence-electron chi connectivity index (χ0n) is 35.9. The molecule has 0 unspecified atom stereocenters. The lowest BCUT2D eigenvalue weighted by Crippen LogP contribution is -2.10. The molecule has 0 atom stereocenters. The molecule has 70 heavy (non-hydrogen) atoms. The Balaban J connectivity index is 0.968. The fourth-order valence-electron chi connectivity index (χ4n) is 9.11. The summed E-state index contributed by atoms with van der Waals surface area (Å²) >= 11 is 0. The number of hydrogen-bond donors (Lipinski definition) is 0. The normalized spacial score (nSPS) is 11.6. The van der Waals surface area contributed by atoms with Gasteiger partial charge >= 0.3 is 0 Å². The van der Waals surface area contributed by atoms with Gasteiger partial charge in [-0.05, 0) is 112 Å². The maximum absolute atomic E-state index is 14.9. The minimum atomic E-state index is -2.30. The third kappa shape index (κ3) is 7.11. The average Bonchev–Trinajstić information content (AvgIpc) is 3.73. The molecule has 11 rings (SSSR count). The second kappa shape index (κ2) is 17.1. The Hall–Kier alpha value is -8.71. The molecule has 0 bridgehead atoms. The first-order valence-corrected chi connectivity index (χ1v) is 21.5. The minimum Gasteiger partial charge on any atom is -0.311 e. The van der Waals surface area contributed by atoms with Crippen LogP contribution in [0, 0.1) is 58.2 Å². The van der Waals surface area contributed by atoms with Crippen LogP contribution in [0.3, 0.4) is 0 Å². The van der Waals surface area contributed by atoms with Crippen molar-refractivity contribution in [1.82, 2.24) is 9.55 Å². The molecule has 342 valence electrons. The van der Waals surface area contributed by atoms with E-state index in [-0.39, 0.29) is 11.1 Å². The number of benzene rings is 9. The summed E-state index contributed by atoms with van der Waals surface area (Å²) in [5.41, 5.74) is 4.84. The highest BCUT2D eigenvalue weighted by molar-refractivity contribution is 6.10. The van der Waals surface area contributed by atoms with Crippen molar-refractivity contribution in [3.63, 3.8) is 0 Å². The minimum absolute atomic E-state index is 0.292. The second-order valence-corrected chi connectivity index (χ2v) is 16.4. The molecule has 0 aliphatic heterocycles. The lowest BCUT2D eigenvalue weighted by Gasteiger charge is -2.26. The SMILES string of the molecule is Fc1c(F)c(F)c(-c2ccc(N(c3ccc(-c4ccc5c(c4)c4ccccc4n5-c4ccc(-c5cccc6ccncc56)cc4)cc3)c3ccc(-c4c(F)c(F)c(F)c(F)c4F)cc3)cc2)c(F)c1F. The predicted octanol–water partition coefficient (Wildman–Crippen LogP) is 16.9. The number of halogens is 10. The van der Waals surface area contributed by atoms with Crippen LogP contribution in [0.2, 0.25) is 0 Å². The van der Waals surface area contributed by atoms with Crippen LogP contribution in [0.5, 0.6) is 0 Å². The summed E-state index contributed by atoms with van der Waals surface area (Å²) in [6.45, 7) is 0. The van der Waals surface area contributed by atoms with Crippen molar-refractivity contribution in [3.05, 3.63) is 234 Å². The van der Waals surface area contributed by atoms with Gasteiger partial charge in [0.25, 0.3) is 0 Å². The summed E-state index contributed by atoms with van der Waals surface area (Å²) in [5, 5.41) is 4.17. The highest BCUT2D eigenvalue weighted by atomic mass is 19.2. The molecule has 0 amide bonds. The van der Waals surface area contributed by atoms with Gasteiger partial charge in [-0.2, -0.15) is 0 Å². The molecule has 0 N–H and O–H groups in total. The Morgan fingerprint density at radius 3 is 1.34 bits per heavy atom. The molecule has 13 heteroatoms. The molecule has 0 saturated carbocycles. The second-order valence-electron chi connectivity index (χ2n) is 16.4. The van der Waals surface area contributed by atoms with E-state index in [2.05, 4.69) is 64.1 Å². The van der Waals surface area contributed by atoms with Crippen LogP contribution >= 0.6 is 0 Å². The van der Waals surface area contributed by atoms with Crippen LogP contribution in [0.4, 0.5) is 61.0 Å². The van der Waals surface area contributed by atoms with E-state index in [1.165, 1.54) is 24.3 Å². The third-order valence-electron chi connectivity index (χ3n) is 12.5. The molecule has 11 aromatic rings. The van der Waals surface area contributed by atoms with Crippen LogP contribution in [0.25, 0.3) is 82.8 Å². The lowest BCUT2D eigenvalue weighted by molar-refractivity contribution is 0.381. The number of pyridine rings is 1. The maximum Gasteiger partial charge on any atom is 0.200 e. The quantitative estimate of drug-likeness (QED) is 0.0860. The number of rotatable bonds is 8. The highest BCUT2D eigenvalue weighted by Gasteiger charge is 2.29. The van der Waals surface area contributed by atoms with Crippen LogP contribution in [-0.2, 0) is 0 Å². The Morgan fingerprint density at radius 2 is 0.800 bits per heavy atom. The lowest BCUT2D eigenvalue weighted by atomic mass is 9.99.